The van der Waals surface area contributed by atoms with Crippen LogP contribution in [0.1, 0.15) is 52.9 Å². The van der Waals surface area contributed by atoms with Crippen LogP contribution in [0.5, 0.6) is 0 Å². The lowest BCUT2D eigenvalue weighted by atomic mass is 10.0. The van der Waals surface area contributed by atoms with Gasteiger partial charge < -0.3 is 4.74 Å². The van der Waals surface area contributed by atoms with Crippen molar-refractivity contribution in [3.63, 3.8) is 0 Å². The van der Waals surface area contributed by atoms with Crippen LogP contribution in [0.3, 0.4) is 0 Å². The van der Waals surface area contributed by atoms with Crippen molar-refractivity contribution in [2.75, 3.05) is 0 Å². The van der Waals surface area contributed by atoms with Crippen LogP contribution >= 0.6 is 0 Å². The lowest BCUT2D eigenvalue weighted by molar-refractivity contribution is -0.137. The fourth-order valence-electron chi connectivity index (χ4n) is 2.02. The molecule has 0 fully saturated rings. The number of Topliss-reactive ketones (excluding diaryl/α,β-unsaturated/α-hetero) is 1. The molecule has 1 aliphatic carbocycles. The Hall–Kier alpha value is -1.12. The zero-order valence-corrected chi connectivity index (χ0v) is 10.3. The van der Waals surface area contributed by atoms with Crippen LogP contribution < -0.4 is 0 Å². The summed E-state index contributed by atoms with van der Waals surface area (Å²) in [7, 11) is 0. The molecule has 0 aromatic heterocycles. The van der Waals surface area contributed by atoms with Gasteiger partial charge in [0.1, 0.15) is 5.76 Å². The van der Waals surface area contributed by atoms with E-state index in [0.717, 1.165) is 31.3 Å². The largest absolute Gasteiger partial charge is 0.431 e. The van der Waals surface area contributed by atoms with E-state index in [9.17, 15) is 9.59 Å². The van der Waals surface area contributed by atoms with Crippen LogP contribution in [-0.4, -0.2) is 11.8 Å². The Labute approximate surface area is 96.9 Å². The maximum atomic E-state index is 11.8. The smallest absolute Gasteiger partial charge is 0.307 e. The number of carbonyl (C=O) groups excluding carboxylic acids is 2. The van der Waals surface area contributed by atoms with Gasteiger partial charge in [-0.05, 0) is 12.8 Å². The lowest BCUT2D eigenvalue weighted by Gasteiger charge is -2.05. The molecule has 1 rings (SSSR count). The van der Waals surface area contributed by atoms with Gasteiger partial charge in [-0.2, -0.15) is 0 Å². The van der Waals surface area contributed by atoms with E-state index in [4.69, 9.17) is 4.74 Å². The average Bonchev–Trinajstić information content (AvgIpc) is 2.45. The van der Waals surface area contributed by atoms with E-state index in [1.54, 1.807) is 0 Å². The van der Waals surface area contributed by atoms with Gasteiger partial charge >= 0.3 is 5.97 Å². The van der Waals surface area contributed by atoms with Crippen molar-refractivity contribution in [1.82, 2.24) is 0 Å². The first kappa shape index (κ1) is 12.9. The summed E-state index contributed by atoms with van der Waals surface area (Å²) in [5.41, 5.74) is 0.746. The highest BCUT2D eigenvalue weighted by Gasteiger charge is 2.31. The van der Waals surface area contributed by atoms with Gasteiger partial charge in [0.05, 0.1) is 0 Å². The van der Waals surface area contributed by atoms with Gasteiger partial charge in [0.25, 0.3) is 0 Å². The monoisotopic (exact) mass is 224 g/mol. The molecule has 0 amide bonds. The van der Waals surface area contributed by atoms with Crippen molar-refractivity contribution in [3.8, 4) is 0 Å². The summed E-state index contributed by atoms with van der Waals surface area (Å²) in [6, 6.07) is 0. The van der Waals surface area contributed by atoms with E-state index < -0.39 is 0 Å². The van der Waals surface area contributed by atoms with E-state index in [1.807, 2.05) is 6.92 Å². The quantitative estimate of drug-likeness (QED) is 0.532. The fourth-order valence-corrected chi connectivity index (χ4v) is 2.02. The molecule has 0 saturated carbocycles. The van der Waals surface area contributed by atoms with Crippen molar-refractivity contribution in [3.05, 3.63) is 11.3 Å². The number of esters is 1. The maximum absolute atomic E-state index is 11.8. The van der Waals surface area contributed by atoms with Gasteiger partial charge in [-0.15, -0.1) is 0 Å². The van der Waals surface area contributed by atoms with E-state index in [-0.39, 0.29) is 17.7 Å². The molecule has 0 spiro atoms. The third-order valence-electron chi connectivity index (χ3n) is 2.87. The Morgan fingerprint density at radius 3 is 2.69 bits per heavy atom. The Morgan fingerprint density at radius 1 is 1.44 bits per heavy atom. The molecule has 16 heavy (non-hydrogen) atoms. The SMILES string of the molecule is CCCCCC1=C(OC(C)=O)CC(C)C1=O. The molecule has 3 nitrogen and oxygen atoms in total. The number of allylic oxidation sites excluding steroid dienone is 2. The highest BCUT2D eigenvalue weighted by atomic mass is 16.5. The zero-order chi connectivity index (χ0) is 12.1. The van der Waals surface area contributed by atoms with Gasteiger partial charge in [-0.1, -0.05) is 26.7 Å². The van der Waals surface area contributed by atoms with Crippen LogP contribution in [0, 0.1) is 5.92 Å². The summed E-state index contributed by atoms with van der Waals surface area (Å²) in [5, 5.41) is 0. The first-order valence-corrected chi connectivity index (χ1v) is 6.00. The predicted octanol–water partition coefficient (Wildman–Crippen LogP) is 2.99. The van der Waals surface area contributed by atoms with Crippen molar-refractivity contribution >= 4 is 11.8 Å². The third kappa shape index (κ3) is 3.19. The second-order valence-corrected chi connectivity index (χ2v) is 4.42. The summed E-state index contributed by atoms with van der Waals surface area (Å²) >= 11 is 0. The second-order valence-electron chi connectivity index (χ2n) is 4.42. The Bertz CT molecular complexity index is 315. The van der Waals surface area contributed by atoms with E-state index >= 15 is 0 Å². The molecule has 0 saturated heterocycles. The fraction of sp³-hybridized carbons (Fsp3) is 0.692. The maximum Gasteiger partial charge on any atom is 0.307 e. The minimum absolute atomic E-state index is 0.0222. The molecule has 3 heteroatoms. The molecule has 1 unspecified atom stereocenters. The first-order valence-electron chi connectivity index (χ1n) is 6.00. The molecule has 0 radical (unpaired) electrons. The summed E-state index contributed by atoms with van der Waals surface area (Å²) in [5.74, 6) is 0.421. The van der Waals surface area contributed by atoms with E-state index in [2.05, 4.69) is 6.92 Å². The third-order valence-corrected chi connectivity index (χ3v) is 2.87. The van der Waals surface area contributed by atoms with Crippen LogP contribution in [0.25, 0.3) is 0 Å². The van der Waals surface area contributed by atoms with Crippen LogP contribution in [-0.2, 0) is 14.3 Å². The highest BCUT2D eigenvalue weighted by molar-refractivity contribution is 6.00. The number of ketones is 1. The molecular weight excluding hydrogens is 204 g/mol. The predicted molar refractivity (Wildman–Crippen MR) is 61.7 cm³/mol. The van der Waals surface area contributed by atoms with Crippen molar-refractivity contribution in [2.45, 2.75) is 52.9 Å². The molecule has 1 aliphatic rings. The molecule has 0 aromatic carbocycles. The molecule has 0 heterocycles. The second kappa shape index (κ2) is 5.83. The van der Waals surface area contributed by atoms with Crippen molar-refractivity contribution in [2.24, 2.45) is 5.92 Å². The molecule has 1 atom stereocenters. The molecule has 0 bridgehead atoms. The normalized spacial score (nSPS) is 20.4. The first-order chi connectivity index (χ1) is 7.56. The van der Waals surface area contributed by atoms with Gasteiger partial charge in [0.2, 0.25) is 0 Å². The highest BCUT2D eigenvalue weighted by Crippen LogP contribution is 2.32. The standard InChI is InChI=1S/C13H20O3/c1-4-5-6-7-11-12(16-10(3)14)8-9(2)13(11)15/h9H,4-8H2,1-3H3. The zero-order valence-electron chi connectivity index (χ0n) is 10.3. The average molecular weight is 224 g/mol. The Kier molecular flexibility index (Phi) is 4.71. The minimum atomic E-state index is -0.329. The van der Waals surface area contributed by atoms with Gasteiger partial charge in [-0.3, -0.25) is 9.59 Å². The van der Waals surface area contributed by atoms with Crippen molar-refractivity contribution < 1.29 is 14.3 Å². The summed E-state index contributed by atoms with van der Waals surface area (Å²) in [6.45, 7) is 5.39. The van der Waals surface area contributed by atoms with Crippen LogP contribution in [0.2, 0.25) is 0 Å². The Morgan fingerprint density at radius 2 is 2.12 bits per heavy atom. The molecule has 0 N–H and O–H groups in total. The number of unbranched alkanes of at least 4 members (excludes halogenated alkanes) is 2. The number of ether oxygens (including phenoxy) is 1. The summed E-state index contributed by atoms with van der Waals surface area (Å²) in [6.07, 6.45) is 4.56. The number of hydrogen-bond acceptors (Lipinski definition) is 3. The van der Waals surface area contributed by atoms with Crippen LogP contribution in [0.15, 0.2) is 11.3 Å². The molecular formula is C13H20O3. The van der Waals surface area contributed by atoms with E-state index in [0.29, 0.717) is 12.2 Å². The van der Waals surface area contributed by atoms with Crippen LogP contribution in [0.4, 0.5) is 0 Å². The van der Waals surface area contributed by atoms with Gasteiger partial charge in [-0.25, -0.2) is 0 Å². The number of rotatable bonds is 5. The van der Waals surface area contributed by atoms with Gasteiger partial charge in [0, 0.05) is 24.8 Å². The topological polar surface area (TPSA) is 43.4 Å². The minimum Gasteiger partial charge on any atom is -0.431 e. The van der Waals surface area contributed by atoms with E-state index in [1.165, 1.54) is 6.92 Å². The Balaban J connectivity index is 2.69. The molecule has 0 aliphatic heterocycles. The lowest BCUT2D eigenvalue weighted by Crippen LogP contribution is -2.06. The number of hydrogen-bond donors (Lipinski definition) is 0. The number of carbonyl (C=O) groups is 2. The summed E-state index contributed by atoms with van der Waals surface area (Å²) < 4.78 is 5.12. The molecule has 90 valence electrons. The summed E-state index contributed by atoms with van der Waals surface area (Å²) in [4.78, 5) is 22.8. The van der Waals surface area contributed by atoms with Crippen molar-refractivity contribution in [1.29, 1.82) is 0 Å². The molecule has 0 aromatic rings. The van der Waals surface area contributed by atoms with Gasteiger partial charge in [0.15, 0.2) is 5.78 Å².